The van der Waals surface area contributed by atoms with Crippen LogP contribution >= 0.6 is 0 Å². The van der Waals surface area contributed by atoms with Crippen molar-refractivity contribution in [1.29, 1.82) is 0 Å². The number of nitrogens with zero attached hydrogens (tertiary/aromatic N) is 2. The van der Waals surface area contributed by atoms with E-state index in [1.54, 1.807) is 0 Å². The number of halogens is 3. The molecule has 36 heavy (non-hydrogen) atoms. The molecule has 1 aromatic heterocycles. The average Bonchev–Trinajstić information content (AvgIpc) is 3.10. The van der Waals surface area contributed by atoms with Crippen molar-refractivity contribution in [3.63, 3.8) is 0 Å². The van der Waals surface area contributed by atoms with Crippen molar-refractivity contribution in [2.24, 2.45) is 11.3 Å². The van der Waals surface area contributed by atoms with Gasteiger partial charge in [-0.3, -0.25) is 4.79 Å². The lowest BCUT2D eigenvalue weighted by atomic mass is 9.70. The van der Waals surface area contributed by atoms with Crippen molar-refractivity contribution < 1.29 is 27.4 Å². The molecule has 7 nitrogen and oxygen atoms in total. The molecule has 1 aliphatic carbocycles. The summed E-state index contributed by atoms with van der Waals surface area (Å²) in [7, 11) is 1.46. The number of carbonyl (C=O) groups excluding carboxylic acids is 1. The fraction of sp³-hybridized carbons (Fsp3) is 0.462. The second-order valence-electron chi connectivity index (χ2n) is 10.3. The standard InChI is InChI=1S/C26H31F3N4O3/c1-16-11-19(14-25(2,3)13-16)33-22-10-7-18(30-23(34)15-35-4)12-21(22)32-24(33)31-17-5-8-20(9-6-17)36-26(27,28)29/h5-10,12,16,19H,11,13-15H2,1-4H3,(H,30,34)(H,31,32)/t16-,19+/m1/s1. The van der Waals surface area contributed by atoms with E-state index in [4.69, 9.17) is 9.72 Å². The lowest BCUT2D eigenvalue weighted by Gasteiger charge is -2.40. The minimum absolute atomic E-state index is 0.0532. The number of alkyl halides is 3. The zero-order valence-electron chi connectivity index (χ0n) is 20.8. The Morgan fingerprint density at radius 3 is 2.47 bits per heavy atom. The molecule has 3 aromatic rings. The lowest BCUT2D eigenvalue weighted by molar-refractivity contribution is -0.274. The van der Waals surface area contributed by atoms with E-state index >= 15 is 0 Å². The zero-order chi connectivity index (χ0) is 26.1. The van der Waals surface area contributed by atoms with Crippen LogP contribution in [0, 0.1) is 11.3 Å². The van der Waals surface area contributed by atoms with E-state index in [0.29, 0.717) is 28.8 Å². The lowest BCUT2D eigenvalue weighted by Crippen LogP contribution is -2.29. The fourth-order valence-electron chi connectivity index (χ4n) is 5.32. The second kappa shape index (κ2) is 10.0. The maximum absolute atomic E-state index is 12.5. The van der Waals surface area contributed by atoms with Crippen molar-refractivity contribution in [3.05, 3.63) is 42.5 Å². The molecule has 2 N–H and O–H groups in total. The Morgan fingerprint density at radius 2 is 1.83 bits per heavy atom. The quantitative estimate of drug-likeness (QED) is 0.377. The molecule has 1 aliphatic rings. The summed E-state index contributed by atoms with van der Waals surface area (Å²) in [5, 5.41) is 6.08. The van der Waals surface area contributed by atoms with Crippen LogP contribution in [0.1, 0.15) is 46.1 Å². The van der Waals surface area contributed by atoms with Crippen molar-refractivity contribution >= 4 is 34.3 Å². The van der Waals surface area contributed by atoms with E-state index in [-0.39, 0.29) is 29.7 Å². The number of hydrogen-bond acceptors (Lipinski definition) is 5. The summed E-state index contributed by atoms with van der Waals surface area (Å²) < 4.78 is 48.6. The van der Waals surface area contributed by atoms with Gasteiger partial charge in [-0.2, -0.15) is 0 Å². The molecule has 0 radical (unpaired) electrons. The Morgan fingerprint density at radius 1 is 1.14 bits per heavy atom. The predicted molar refractivity (Wildman–Crippen MR) is 132 cm³/mol. The minimum atomic E-state index is -4.75. The highest BCUT2D eigenvalue weighted by atomic mass is 19.4. The van der Waals surface area contributed by atoms with E-state index < -0.39 is 6.36 Å². The molecule has 10 heteroatoms. The van der Waals surface area contributed by atoms with Gasteiger partial charge in [0.05, 0.1) is 11.0 Å². The largest absolute Gasteiger partial charge is 0.573 e. The summed E-state index contributed by atoms with van der Waals surface area (Å²) in [5.74, 6) is 0.555. The summed E-state index contributed by atoms with van der Waals surface area (Å²) in [4.78, 5) is 16.8. The van der Waals surface area contributed by atoms with Crippen molar-refractivity contribution in [2.45, 2.75) is 52.4 Å². The number of ether oxygens (including phenoxy) is 2. The third-order valence-electron chi connectivity index (χ3n) is 6.32. The number of imidazole rings is 1. The van der Waals surface area contributed by atoms with Gasteiger partial charge in [0.2, 0.25) is 11.9 Å². The Labute approximate surface area is 208 Å². The summed E-state index contributed by atoms with van der Waals surface area (Å²) >= 11 is 0. The average molecular weight is 505 g/mol. The number of rotatable bonds is 7. The van der Waals surface area contributed by atoms with E-state index in [1.807, 2.05) is 18.2 Å². The number of carbonyl (C=O) groups is 1. The molecule has 194 valence electrons. The SMILES string of the molecule is COCC(=O)Nc1ccc2c(c1)nc(Nc1ccc(OC(F)(F)F)cc1)n2[C@H]1C[C@@H](C)CC(C)(C)C1. The van der Waals surface area contributed by atoms with Gasteiger partial charge in [-0.1, -0.05) is 20.8 Å². The van der Waals surface area contributed by atoms with Crippen LogP contribution in [0.2, 0.25) is 0 Å². The Bertz CT molecular complexity index is 1220. The minimum Gasteiger partial charge on any atom is -0.406 e. The summed E-state index contributed by atoms with van der Waals surface area (Å²) in [6.45, 7) is 6.74. The van der Waals surface area contributed by atoms with Crippen LogP contribution in [0.5, 0.6) is 5.75 Å². The molecule has 0 bridgehead atoms. The molecular formula is C26H31F3N4O3. The normalized spacial score (nSPS) is 19.8. The molecule has 4 rings (SSSR count). The summed E-state index contributed by atoms with van der Waals surface area (Å²) in [6, 6.07) is 11.3. The Kier molecular flexibility index (Phi) is 7.17. The third-order valence-corrected chi connectivity index (χ3v) is 6.32. The first-order chi connectivity index (χ1) is 16.9. The van der Waals surface area contributed by atoms with Gasteiger partial charge in [0.1, 0.15) is 12.4 Å². The van der Waals surface area contributed by atoms with Gasteiger partial charge in [0.15, 0.2) is 0 Å². The van der Waals surface area contributed by atoms with Gasteiger partial charge < -0.3 is 24.7 Å². The van der Waals surface area contributed by atoms with E-state index in [1.165, 1.54) is 31.4 Å². The van der Waals surface area contributed by atoms with E-state index in [9.17, 15) is 18.0 Å². The first kappa shape index (κ1) is 25.8. The molecule has 1 saturated carbocycles. The van der Waals surface area contributed by atoms with Crippen LogP contribution in [-0.2, 0) is 9.53 Å². The number of hydrogen-bond donors (Lipinski definition) is 2. The number of fused-ring (bicyclic) bond motifs is 1. The molecular weight excluding hydrogens is 473 g/mol. The first-order valence-electron chi connectivity index (χ1n) is 11.9. The van der Waals surface area contributed by atoms with E-state index in [0.717, 1.165) is 24.8 Å². The number of benzene rings is 2. The number of aromatic nitrogens is 2. The van der Waals surface area contributed by atoms with Crippen molar-refractivity contribution in [3.8, 4) is 5.75 Å². The van der Waals surface area contributed by atoms with Gasteiger partial charge in [-0.05, 0) is 73.1 Å². The Balaban J connectivity index is 1.70. The van der Waals surface area contributed by atoms with Gasteiger partial charge in [0.25, 0.3) is 0 Å². The number of nitrogens with one attached hydrogen (secondary N) is 2. The first-order valence-corrected chi connectivity index (χ1v) is 11.9. The van der Waals surface area contributed by atoms with Gasteiger partial charge >= 0.3 is 6.36 Å². The van der Waals surface area contributed by atoms with Crippen LogP contribution in [0.4, 0.5) is 30.5 Å². The topological polar surface area (TPSA) is 77.4 Å². The maximum atomic E-state index is 12.5. The van der Waals surface area contributed by atoms with Crippen LogP contribution in [0.3, 0.4) is 0 Å². The molecule has 1 heterocycles. The monoisotopic (exact) mass is 504 g/mol. The van der Waals surface area contributed by atoms with Crippen LogP contribution in [-0.4, -0.2) is 35.5 Å². The molecule has 2 atom stereocenters. The molecule has 0 aliphatic heterocycles. The van der Waals surface area contributed by atoms with Crippen molar-refractivity contribution in [2.75, 3.05) is 24.4 Å². The highest BCUT2D eigenvalue weighted by Crippen LogP contribution is 2.46. The van der Waals surface area contributed by atoms with E-state index in [2.05, 4.69) is 40.7 Å². The van der Waals surface area contributed by atoms with Crippen LogP contribution in [0.15, 0.2) is 42.5 Å². The summed E-state index contributed by atoms with van der Waals surface area (Å²) in [6.07, 6.45) is -1.67. The highest BCUT2D eigenvalue weighted by molar-refractivity contribution is 5.94. The highest BCUT2D eigenvalue weighted by Gasteiger charge is 2.35. The van der Waals surface area contributed by atoms with Crippen LogP contribution < -0.4 is 15.4 Å². The van der Waals surface area contributed by atoms with Gasteiger partial charge in [-0.25, -0.2) is 4.98 Å². The fourth-order valence-corrected chi connectivity index (χ4v) is 5.32. The molecule has 0 saturated heterocycles. The molecule has 2 aromatic carbocycles. The Hall–Kier alpha value is -3.27. The maximum Gasteiger partial charge on any atom is 0.573 e. The molecule has 1 fully saturated rings. The van der Waals surface area contributed by atoms with Gasteiger partial charge in [0, 0.05) is 24.5 Å². The van der Waals surface area contributed by atoms with Crippen LogP contribution in [0.25, 0.3) is 11.0 Å². The van der Waals surface area contributed by atoms with Gasteiger partial charge in [-0.15, -0.1) is 13.2 Å². The number of methoxy groups -OCH3 is 1. The molecule has 1 amide bonds. The molecule has 0 spiro atoms. The molecule has 0 unspecified atom stereocenters. The number of amides is 1. The summed E-state index contributed by atoms with van der Waals surface area (Å²) in [5.41, 5.74) is 2.94. The smallest absolute Gasteiger partial charge is 0.406 e. The third kappa shape index (κ3) is 6.29. The zero-order valence-corrected chi connectivity index (χ0v) is 20.8. The number of anilines is 3. The van der Waals surface area contributed by atoms with Crippen molar-refractivity contribution in [1.82, 2.24) is 9.55 Å². The predicted octanol–water partition coefficient (Wildman–Crippen LogP) is 6.65. The second-order valence-corrected chi connectivity index (χ2v) is 10.3.